The van der Waals surface area contributed by atoms with Crippen LogP contribution in [0.4, 0.5) is 0 Å². The molecule has 2 aromatic rings. The molecule has 1 atom stereocenters. The van der Waals surface area contributed by atoms with Crippen molar-refractivity contribution in [3.63, 3.8) is 0 Å². The molecule has 0 fully saturated rings. The summed E-state index contributed by atoms with van der Waals surface area (Å²) in [7, 11) is 0. The van der Waals surface area contributed by atoms with E-state index in [-0.39, 0.29) is 32.6 Å². The molecule has 0 aliphatic carbocycles. The van der Waals surface area contributed by atoms with Gasteiger partial charge in [0, 0.05) is 9.69 Å². The Morgan fingerprint density at radius 3 is 2.77 bits per heavy atom. The van der Waals surface area contributed by atoms with Crippen molar-refractivity contribution in [2.24, 2.45) is 10.9 Å². The molecule has 1 aliphatic heterocycles. The second-order valence-corrected chi connectivity index (χ2v) is 8.87. The van der Waals surface area contributed by atoms with Crippen molar-refractivity contribution in [3.8, 4) is 5.88 Å². The van der Waals surface area contributed by atoms with Gasteiger partial charge in [0.15, 0.2) is 3.95 Å². The number of rotatable bonds is 5. The van der Waals surface area contributed by atoms with Crippen molar-refractivity contribution in [2.45, 2.75) is 26.3 Å². The number of aliphatic carboxylic acids is 1. The molecular formula is C17H14BrN2O4S2-. The highest BCUT2D eigenvalue weighted by Crippen LogP contribution is 2.36. The van der Waals surface area contributed by atoms with Crippen LogP contribution in [0.25, 0.3) is 5.57 Å². The molecule has 136 valence electrons. The van der Waals surface area contributed by atoms with Gasteiger partial charge in [-0.15, -0.1) is 11.3 Å². The molecule has 1 aromatic carbocycles. The Balaban J connectivity index is 2.26. The monoisotopic (exact) mass is 453 g/mol. The average Bonchev–Trinajstić information content (AvgIpc) is 3.00. The lowest BCUT2D eigenvalue weighted by Gasteiger charge is -2.22. The van der Waals surface area contributed by atoms with Gasteiger partial charge in [-0.2, -0.15) is 0 Å². The number of hydrogen-bond donors (Lipinski definition) is 1. The molecular weight excluding hydrogens is 440 g/mol. The van der Waals surface area contributed by atoms with Crippen molar-refractivity contribution >= 4 is 56.9 Å². The number of hydrogen-bond acceptors (Lipinski definition) is 6. The second kappa shape index (κ2) is 7.05. The number of benzene rings is 1. The zero-order chi connectivity index (χ0) is 19.2. The van der Waals surface area contributed by atoms with E-state index < -0.39 is 17.9 Å². The first kappa shape index (κ1) is 18.9. The van der Waals surface area contributed by atoms with E-state index in [2.05, 4.69) is 20.9 Å². The number of nitrogens with zero attached hydrogens (tertiary/aromatic N) is 2. The standard InChI is InChI=1S/C17H15BrN2O4S2/c1-7(2)5-11(16(23)24)20-15(22)13(26-17(20)25)12-9-6-8(18)3-4-10(9)19-14(12)21/h3-4,6-7,11,22H,5H2,1-2H3,(H,23,24)/p-1/t11-/m1/s1. The van der Waals surface area contributed by atoms with Crippen LogP contribution in [0.15, 0.2) is 27.7 Å². The Hall–Kier alpha value is -1.84. The fraction of sp³-hybridized carbons (Fsp3) is 0.294. The smallest absolute Gasteiger partial charge is 0.279 e. The van der Waals surface area contributed by atoms with Gasteiger partial charge in [0.2, 0.25) is 5.88 Å². The minimum atomic E-state index is -1.33. The normalized spacial score (nSPS) is 14.5. The third-order valence-corrected chi connectivity index (χ3v) is 5.89. The van der Waals surface area contributed by atoms with E-state index in [1.807, 2.05) is 13.8 Å². The predicted octanol–water partition coefficient (Wildman–Crippen LogP) is 1.44. The minimum absolute atomic E-state index is 0.0509. The van der Waals surface area contributed by atoms with Crippen LogP contribution in [0, 0.1) is 9.87 Å². The number of thiazole rings is 1. The fourth-order valence-corrected chi connectivity index (χ4v) is 4.68. The Kier molecular flexibility index (Phi) is 5.14. The number of aromatic nitrogens is 1. The zero-order valence-corrected chi connectivity index (χ0v) is 17.1. The summed E-state index contributed by atoms with van der Waals surface area (Å²) in [4.78, 5) is 28.2. The summed E-state index contributed by atoms with van der Waals surface area (Å²) < 4.78 is 2.07. The number of fused-ring (bicyclic) bond motifs is 1. The number of carboxylic acid groups (broad SMARTS) is 1. The number of amides is 1. The van der Waals surface area contributed by atoms with Crippen LogP contribution in [0.1, 0.15) is 31.2 Å². The number of carboxylic acids is 1. The SMILES string of the molecule is CC(C)C[C@H](C(=O)[O-])n1c(O)c(C2=c3cc(Br)ccc3=NC2=O)sc1=S. The molecule has 1 aliphatic rings. The topological polar surface area (TPSA) is 94.7 Å². The van der Waals surface area contributed by atoms with Crippen LogP contribution in [-0.2, 0) is 9.59 Å². The fourth-order valence-electron chi connectivity index (χ4n) is 2.88. The molecule has 0 saturated heterocycles. The van der Waals surface area contributed by atoms with Crippen molar-refractivity contribution < 1.29 is 19.8 Å². The van der Waals surface area contributed by atoms with E-state index >= 15 is 0 Å². The summed E-state index contributed by atoms with van der Waals surface area (Å²) in [5.74, 6) is -2.12. The lowest BCUT2D eigenvalue weighted by molar-refractivity contribution is -0.311. The van der Waals surface area contributed by atoms with Crippen molar-refractivity contribution in [2.75, 3.05) is 0 Å². The molecule has 0 unspecified atom stereocenters. The van der Waals surface area contributed by atoms with Crippen LogP contribution in [0.2, 0.25) is 0 Å². The highest BCUT2D eigenvalue weighted by molar-refractivity contribution is 9.10. The van der Waals surface area contributed by atoms with Crippen LogP contribution in [-0.4, -0.2) is 21.6 Å². The van der Waals surface area contributed by atoms with Gasteiger partial charge in [0.1, 0.15) is 4.88 Å². The molecule has 1 amide bonds. The van der Waals surface area contributed by atoms with Gasteiger partial charge in [0.25, 0.3) is 5.91 Å². The van der Waals surface area contributed by atoms with Gasteiger partial charge >= 0.3 is 0 Å². The molecule has 1 N–H and O–H groups in total. The van der Waals surface area contributed by atoms with E-state index in [0.29, 0.717) is 10.6 Å². The van der Waals surface area contributed by atoms with Crippen LogP contribution < -0.4 is 15.7 Å². The van der Waals surface area contributed by atoms with Gasteiger partial charge in [-0.1, -0.05) is 29.8 Å². The van der Waals surface area contributed by atoms with Crippen LogP contribution in [0.3, 0.4) is 0 Å². The number of halogens is 1. The molecule has 0 radical (unpaired) electrons. The van der Waals surface area contributed by atoms with Crippen molar-refractivity contribution in [3.05, 3.63) is 42.1 Å². The summed E-state index contributed by atoms with van der Waals surface area (Å²) >= 11 is 9.62. The second-order valence-electron chi connectivity index (χ2n) is 6.31. The molecule has 0 saturated carbocycles. The third-order valence-electron chi connectivity index (χ3n) is 3.99. The third kappa shape index (κ3) is 3.26. The van der Waals surface area contributed by atoms with Gasteiger partial charge in [-0.25, -0.2) is 4.99 Å². The maximum absolute atomic E-state index is 12.4. The molecule has 26 heavy (non-hydrogen) atoms. The molecule has 6 nitrogen and oxygen atoms in total. The molecule has 0 bridgehead atoms. The Labute approximate surface area is 166 Å². The predicted molar refractivity (Wildman–Crippen MR) is 101 cm³/mol. The number of carbonyl (C=O) groups excluding carboxylic acids is 2. The van der Waals surface area contributed by atoms with Gasteiger partial charge in [-0.3, -0.25) is 9.36 Å². The maximum atomic E-state index is 12.4. The molecule has 2 heterocycles. The van der Waals surface area contributed by atoms with E-state index in [0.717, 1.165) is 20.4 Å². The highest BCUT2D eigenvalue weighted by Gasteiger charge is 2.28. The summed E-state index contributed by atoms with van der Waals surface area (Å²) in [6.45, 7) is 3.73. The molecule has 3 rings (SSSR count). The average molecular weight is 454 g/mol. The van der Waals surface area contributed by atoms with Crippen LogP contribution >= 0.6 is 39.5 Å². The molecule has 0 spiro atoms. The summed E-state index contributed by atoms with van der Waals surface area (Å²) in [6, 6.07) is 4.08. The van der Waals surface area contributed by atoms with Crippen molar-refractivity contribution in [1.82, 2.24) is 4.57 Å². The largest absolute Gasteiger partial charge is 0.548 e. The quantitative estimate of drug-likeness (QED) is 0.691. The number of aromatic hydroxyl groups is 1. The first-order valence-electron chi connectivity index (χ1n) is 7.79. The van der Waals surface area contributed by atoms with E-state index in [1.54, 1.807) is 18.2 Å². The zero-order valence-electron chi connectivity index (χ0n) is 13.9. The molecule has 1 aromatic heterocycles. The summed E-state index contributed by atoms with van der Waals surface area (Å²) in [5, 5.41) is 23.4. The highest BCUT2D eigenvalue weighted by atomic mass is 79.9. The van der Waals surface area contributed by atoms with Crippen LogP contribution in [0.5, 0.6) is 5.88 Å². The lowest BCUT2D eigenvalue weighted by atomic mass is 10.0. The number of carbonyl (C=O) groups is 2. The Bertz CT molecular complexity index is 1100. The summed E-state index contributed by atoms with van der Waals surface area (Å²) in [6.07, 6.45) is 0.246. The minimum Gasteiger partial charge on any atom is -0.548 e. The van der Waals surface area contributed by atoms with E-state index in [4.69, 9.17) is 12.2 Å². The maximum Gasteiger partial charge on any atom is 0.279 e. The van der Waals surface area contributed by atoms with E-state index in [9.17, 15) is 19.8 Å². The van der Waals surface area contributed by atoms with Gasteiger partial charge in [-0.05, 0) is 42.8 Å². The summed E-state index contributed by atoms with van der Waals surface area (Å²) in [5.41, 5.74) is 0.218. The van der Waals surface area contributed by atoms with E-state index in [1.165, 1.54) is 0 Å². The Morgan fingerprint density at radius 1 is 1.46 bits per heavy atom. The van der Waals surface area contributed by atoms with Gasteiger partial charge in [0.05, 0.1) is 22.9 Å². The van der Waals surface area contributed by atoms with Crippen molar-refractivity contribution in [1.29, 1.82) is 0 Å². The lowest BCUT2D eigenvalue weighted by Crippen LogP contribution is -2.34. The first-order valence-corrected chi connectivity index (χ1v) is 9.81. The van der Waals surface area contributed by atoms with Gasteiger partial charge < -0.3 is 15.0 Å². The Morgan fingerprint density at radius 2 is 2.15 bits per heavy atom. The first-order chi connectivity index (χ1) is 12.2. The molecule has 9 heteroatoms.